The molecule has 0 atom stereocenters. The summed E-state index contributed by atoms with van der Waals surface area (Å²) in [6.45, 7) is 9.29. The van der Waals surface area contributed by atoms with Gasteiger partial charge in [-0.25, -0.2) is 0 Å². The van der Waals surface area contributed by atoms with Crippen LogP contribution in [0.5, 0.6) is 0 Å². The third-order valence-corrected chi connectivity index (χ3v) is 12.7. The maximum atomic E-state index is 6.35. The van der Waals surface area contributed by atoms with Crippen molar-refractivity contribution in [3.05, 3.63) is 193 Å². The Hall–Kier alpha value is -6.98. The Morgan fingerprint density at radius 2 is 1.11 bits per heavy atom. The monoisotopic (exact) mass is 789 g/mol. The molecular weight excluding hydrogens is 741 g/mol. The van der Waals surface area contributed by atoms with Crippen LogP contribution in [0.4, 0.5) is 51.2 Å². The standard InChI is InChI=1S/C56H48BN3O/c1-5-6-17-38-26-28-42(29-27-38)59-50-37-44(58(40-18-9-7-10-19-40)41-20-11-8-12-21-41)30-32-48(50)57-47-23-14-15-24-49(47)60(52-35-39(56(2,3)4)34-51(59)55(52)57)43-31-33-54-46(36-43)45-22-13-16-25-53(45)61-54/h7-16,18-37H,5-6,17H2,1-4H3. The van der Waals surface area contributed by atoms with E-state index in [-0.39, 0.29) is 12.1 Å². The Morgan fingerprint density at radius 3 is 1.82 bits per heavy atom. The van der Waals surface area contributed by atoms with Gasteiger partial charge in [-0.1, -0.05) is 125 Å². The summed E-state index contributed by atoms with van der Waals surface area (Å²) in [6, 6.07) is 67.1. The Morgan fingerprint density at radius 1 is 0.508 bits per heavy atom. The molecule has 5 heteroatoms. The number of benzene rings is 8. The van der Waals surface area contributed by atoms with Crippen LogP contribution in [0, 0.1) is 0 Å². The fraction of sp³-hybridized carbons (Fsp3) is 0.143. The van der Waals surface area contributed by atoms with Crippen molar-refractivity contribution in [2.24, 2.45) is 0 Å². The van der Waals surface area contributed by atoms with E-state index in [1.807, 2.05) is 6.07 Å². The van der Waals surface area contributed by atoms with Gasteiger partial charge in [0.2, 0.25) is 0 Å². The van der Waals surface area contributed by atoms with E-state index in [4.69, 9.17) is 4.42 Å². The minimum Gasteiger partial charge on any atom is -0.456 e. The minimum absolute atomic E-state index is 0.0102. The number of furan rings is 1. The molecule has 2 aliphatic rings. The summed E-state index contributed by atoms with van der Waals surface area (Å²) in [5, 5.41) is 2.25. The number of hydrogen-bond donors (Lipinski definition) is 0. The summed E-state index contributed by atoms with van der Waals surface area (Å²) in [5.41, 5.74) is 18.7. The highest BCUT2D eigenvalue weighted by molar-refractivity contribution is 7.00. The molecule has 8 aromatic carbocycles. The molecule has 0 amide bonds. The Labute approximate surface area is 359 Å². The molecule has 0 bridgehead atoms. The van der Waals surface area contributed by atoms with Crippen LogP contribution in [-0.4, -0.2) is 6.71 Å². The Balaban J connectivity index is 1.19. The SMILES string of the molecule is CCCCc1ccc(N2c3cc(N(c4ccccc4)c4ccccc4)ccc3B3c4ccccc4N(c4ccc5oc6ccccc6c5c4)c4cc(C(C)(C)C)cc2c43)cc1. The van der Waals surface area contributed by atoms with Crippen LogP contribution in [0.15, 0.2) is 186 Å². The second-order valence-electron chi connectivity index (χ2n) is 17.6. The first-order chi connectivity index (χ1) is 29.9. The lowest BCUT2D eigenvalue weighted by Crippen LogP contribution is -2.61. The number of anilines is 9. The summed E-state index contributed by atoms with van der Waals surface area (Å²) in [7, 11) is 0. The first-order valence-corrected chi connectivity index (χ1v) is 21.8. The summed E-state index contributed by atoms with van der Waals surface area (Å²) in [5.74, 6) is 0. The molecule has 11 rings (SSSR count). The molecule has 2 aliphatic heterocycles. The van der Waals surface area contributed by atoms with Crippen molar-refractivity contribution in [2.75, 3.05) is 14.7 Å². The third kappa shape index (κ3) is 6.22. The topological polar surface area (TPSA) is 22.9 Å². The molecule has 4 nitrogen and oxygen atoms in total. The lowest BCUT2D eigenvalue weighted by Gasteiger charge is -2.45. The highest BCUT2D eigenvalue weighted by Crippen LogP contribution is 2.48. The zero-order valence-corrected chi connectivity index (χ0v) is 35.3. The average molecular weight is 790 g/mol. The van der Waals surface area contributed by atoms with Gasteiger partial charge in [0.25, 0.3) is 6.71 Å². The molecular formula is C56H48BN3O. The predicted molar refractivity (Wildman–Crippen MR) is 260 cm³/mol. The second-order valence-corrected chi connectivity index (χ2v) is 17.6. The van der Waals surface area contributed by atoms with E-state index in [1.54, 1.807) is 0 Å². The lowest BCUT2D eigenvalue weighted by atomic mass is 9.33. The second kappa shape index (κ2) is 14.6. The summed E-state index contributed by atoms with van der Waals surface area (Å²) >= 11 is 0. The molecule has 0 N–H and O–H groups in total. The molecule has 0 saturated heterocycles. The lowest BCUT2D eigenvalue weighted by molar-refractivity contribution is 0.590. The van der Waals surface area contributed by atoms with Crippen LogP contribution in [0.1, 0.15) is 51.7 Å². The highest BCUT2D eigenvalue weighted by Gasteiger charge is 2.44. The smallest absolute Gasteiger partial charge is 0.252 e. The van der Waals surface area contributed by atoms with Crippen molar-refractivity contribution in [3.63, 3.8) is 0 Å². The molecule has 0 fully saturated rings. The maximum absolute atomic E-state index is 6.35. The first-order valence-electron chi connectivity index (χ1n) is 21.8. The normalized spacial score (nSPS) is 13.0. The van der Waals surface area contributed by atoms with Crippen LogP contribution in [-0.2, 0) is 11.8 Å². The van der Waals surface area contributed by atoms with Crippen LogP contribution in [0.3, 0.4) is 0 Å². The van der Waals surface area contributed by atoms with E-state index >= 15 is 0 Å². The van der Waals surface area contributed by atoms with Crippen LogP contribution >= 0.6 is 0 Å². The van der Waals surface area contributed by atoms with Crippen molar-refractivity contribution in [1.29, 1.82) is 0 Å². The van der Waals surface area contributed by atoms with Crippen molar-refractivity contribution in [2.45, 2.75) is 52.4 Å². The van der Waals surface area contributed by atoms with Crippen molar-refractivity contribution >= 4 is 96.2 Å². The van der Waals surface area contributed by atoms with Gasteiger partial charge in [-0.2, -0.15) is 0 Å². The number of unbranched alkanes of at least 4 members (excludes halogenated alkanes) is 1. The van der Waals surface area contributed by atoms with Crippen molar-refractivity contribution < 1.29 is 4.42 Å². The van der Waals surface area contributed by atoms with Gasteiger partial charge < -0.3 is 19.1 Å². The predicted octanol–water partition coefficient (Wildman–Crippen LogP) is 13.8. The molecule has 0 radical (unpaired) electrons. The average Bonchev–Trinajstić information content (AvgIpc) is 3.67. The summed E-state index contributed by atoms with van der Waals surface area (Å²) in [6.07, 6.45) is 3.44. The van der Waals surface area contributed by atoms with E-state index in [2.05, 4.69) is 218 Å². The van der Waals surface area contributed by atoms with E-state index in [1.165, 1.54) is 63.1 Å². The quantitative estimate of drug-likeness (QED) is 0.143. The zero-order valence-electron chi connectivity index (χ0n) is 35.3. The largest absolute Gasteiger partial charge is 0.456 e. The molecule has 0 saturated carbocycles. The van der Waals surface area contributed by atoms with Crippen LogP contribution in [0.25, 0.3) is 21.9 Å². The first kappa shape index (κ1) is 37.1. The van der Waals surface area contributed by atoms with Gasteiger partial charge in [0.1, 0.15) is 11.2 Å². The van der Waals surface area contributed by atoms with Gasteiger partial charge >= 0.3 is 0 Å². The number of para-hydroxylation sites is 4. The number of nitrogens with zero attached hydrogens (tertiary/aromatic N) is 3. The Kier molecular flexibility index (Phi) is 8.89. The third-order valence-electron chi connectivity index (χ3n) is 12.7. The van der Waals surface area contributed by atoms with E-state index < -0.39 is 0 Å². The van der Waals surface area contributed by atoms with Gasteiger partial charge in [0.05, 0.1) is 0 Å². The van der Waals surface area contributed by atoms with Crippen molar-refractivity contribution in [3.8, 4) is 0 Å². The van der Waals surface area contributed by atoms with E-state index in [0.29, 0.717) is 0 Å². The van der Waals surface area contributed by atoms with Gasteiger partial charge in [0, 0.05) is 62.0 Å². The molecule has 0 unspecified atom stereocenters. The van der Waals surface area contributed by atoms with Gasteiger partial charge in [-0.05, 0) is 137 Å². The maximum Gasteiger partial charge on any atom is 0.252 e. The zero-order chi connectivity index (χ0) is 41.2. The van der Waals surface area contributed by atoms with Crippen LogP contribution < -0.4 is 31.1 Å². The molecule has 0 aliphatic carbocycles. The Bertz CT molecular complexity index is 3040. The minimum atomic E-state index is -0.121. The molecule has 0 spiro atoms. The fourth-order valence-electron chi connectivity index (χ4n) is 9.71. The van der Waals surface area contributed by atoms with Crippen molar-refractivity contribution in [1.82, 2.24) is 0 Å². The van der Waals surface area contributed by atoms with E-state index in [9.17, 15) is 0 Å². The number of rotatable bonds is 8. The molecule has 9 aromatic rings. The summed E-state index contributed by atoms with van der Waals surface area (Å²) in [4.78, 5) is 7.45. The number of fused-ring (bicyclic) bond motifs is 7. The molecule has 61 heavy (non-hydrogen) atoms. The van der Waals surface area contributed by atoms with Gasteiger partial charge in [-0.3, -0.25) is 0 Å². The molecule has 1 aromatic heterocycles. The number of aryl methyl sites for hydroxylation is 1. The van der Waals surface area contributed by atoms with Crippen LogP contribution in [0.2, 0.25) is 0 Å². The van der Waals surface area contributed by atoms with Gasteiger partial charge in [0.15, 0.2) is 0 Å². The fourth-order valence-corrected chi connectivity index (χ4v) is 9.71. The molecule has 296 valence electrons. The summed E-state index contributed by atoms with van der Waals surface area (Å²) < 4.78 is 6.35. The highest BCUT2D eigenvalue weighted by atomic mass is 16.3. The number of hydrogen-bond acceptors (Lipinski definition) is 4. The van der Waals surface area contributed by atoms with Gasteiger partial charge in [-0.15, -0.1) is 0 Å². The van der Waals surface area contributed by atoms with E-state index in [0.717, 1.165) is 56.8 Å². The molecule has 3 heterocycles.